The van der Waals surface area contributed by atoms with Crippen molar-refractivity contribution in [2.45, 2.75) is 0 Å². The Morgan fingerprint density at radius 3 is 2.71 bits per heavy atom. The Morgan fingerprint density at radius 2 is 2.06 bits per heavy atom. The third-order valence-corrected chi connectivity index (χ3v) is 5.30. The van der Waals surface area contributed by atoms with Gasteiger partial charge in [0.25, 0.3) is 11.8 Å². The molecule has 3 N–H and O–H groups in total. The van der Waals surface area contributed by atoms with Gasteiger partial charge in [-0.15, -0.1) is 11.3 Å². The molecule has 3 rings (SSSR count). The summed E-state index contributed by atoms with van der Waals surface area (Å²) < 4.78 is 10.3. The molecule has 0 saturated heterocycles. The zero-order valence-electron chi connectivity index (χ0n) is 16.3. The summed E-state index contributed by atoms with van der Waals surface area (Å²) in [5.41, 5.74) is -0.287. The predicted octanol–water partition coefficient (Wildman–Crippen LogP) is 1.58. The Labute approximate surface area is 184 Å². The number of carbonyl (C=O) groups is 3. The molecule has 31 heavy (non-hydrogen) atoms. The van der Waals surface area contributed by atoms with Crippen molar-refractivity contribution in [3.05, 3.63) is 35.3 Å². The Kier molecular flexibility index (Phi) is 7.10. The minimum absolute atomic E-state index is 0.0526. The lowest BCUT2D eigenvalue weighted by atomic mass is 10.2. The van der Waals surface area contributed by atoms with Crippen LogP contribution in [-0.2, 0) is 9.59 Å². The molecule has 1 aromatic carbocycles. The van der Waals surface area contributed by atoms with Gasteiger partial charge in [-0.2, -0.15) is 4.99 Å². The van der Waals surface area contributed by atoms with Crippen LogP contribution in [0.15, 0.2) is 39.8 Å². The smallest absolute Gasteiger partial charge is 0.279 e. The van der Waals surface area contributed by atoms with Crippen LogP contribution in [0.2, 0.25) is 0 Å². The van der Waals surface area contributed by atoms with Crippen molar-refractivity contribution in [3.8, 4) is 11.5 Å². The molecule has 0 unspecified atom stereocenters. The molecule has 11 nitrogen and oxygen atoms in total. The van der Waals surface area contributed by atoms with Crippen LogP contribution in [0.25, 0.3) is 0 Å². The molecule has 0 atom stereocenters. The molecule has 160 valence electrons. The standard InChI is InChI=1S/C18H16N6O5S2/c1-28-10-4-3-9(7-11(10)29-2)15(26)22-13-14(19)23-18(24-16(13)27)31-8-12(25)21-17-20-5-6-30-17/h3-7H,8H2,1-2H3,(H,20,21,25)(H2,19,23,24,27). The van der Waals surface area contributed by atoms with E-state index in [4.69, 9.17) is 14.9 Å². The van der Waals surface area contributed by atoms with Crippen molar-refractivity contribution < 1.29 is 23.9 Å². The molecule has 0 bridgehead atoms. The molecule has 3 amide bonds. The molecule has 1 aliphatic rings. The summed E-state index contributed by atoms with van der Waals surface area (Å²) in [6, 6.07) is 4.41. The van der Waals surface area contributed by atoms with Crippen LogP contribution >= 0.6 is 23.1 Å². The molecular weight excluding hydrogens is 444 g/mol. The Hall–Kier alpha value is -3.58. The number of nitrogens with zero attached hydrogens (tertiary/aromatic N) is 3. The number of amidine groups is 2. The molecule has 13 heteroatoms. The first-order chi connectivity index (χ1) is 14.9. The number of amides is 3. The highest BCUT2D eigenvalue weighted by Gasteiger charge is 2.26. The third-order valence-electron chi connectivity index (χ3n) is 3.74. The van der Waals surface area contributed by atoms with Gasteiger partial charge in [-0.3, -0.25) is 25.1 Å². The van der Waals surface area contributed by atoms with Gasteiger partial charge in [0.1, 0.15) is 0 Å². The van der Waals surface area contributed by atoms with E-state index >= 15 is 0 Å². The summed E-state index contributed by atoms with van der Waals surface area (Å²) in [5, 5.41) is 15.2. The Bertz CT molecular complexity index is 1100. The number of ether oxygens (including phenoxy) is 2. The third kappa shape index (κ3) is 5.52. The van der Waals surface area contributed by atoms with Gasteiger partial charge in [-0.25, -0.2) is 9.98 Å². The van der Waals surface area contributed by atoms with Crippen LogP contribution in [0, 0.1) is 5.41 Å². The lowest BCUT2D eigenvalue weighted by Gasteiger charge is -2.14. The van der Waals surface area contributed by atoms with E-state index in [1.807, 2.05) is 0 Å². The van der Waals surface area contributed by atoms with Gasteiger partial charge in [0.2, 0.25) is 5.91 Å². The SMILES string of the molecule is COc1ccc(C(=O)N=C2C(=N)N=C(SCC(=O)Nc3nccs3)NC2=O)cc1OC. The summed E-state index contributed by atoms with van der Waals surface area (Å²) >= 11 is 2.21. The number of carbonyl (C=O) groups excluding carboxylic acids is 3. The minimum atomic E-state index is -0.767. The molecule has 0 fully saturated rings. The van der Waals surface area contributed by atoms with Gasteiger partial charge >= 0.3 is 0 Å². The largest absolute Gasteiger partial charge is 0.493 e. The fourth-order valence-electron chi connectivity index (χ4n) is 2.33. The first kappa shape index (κ1) is 22.1. The summed E-state index contributed by atoms with van der Waals surface area (Å²) in [6.07, 6.45) is 1.56. The van der Waals surface area contributed by atoms with Crippen LogP contribution in [0.5, 0.6) is 11.5 Å². The molecule has 2 aromatic rings. The molecule has 0 radical (unpaired) electrons. The number of anilines is 1. The van der Waals surface area contributed by atoms with E-state index in [0.717, 1.165) is 11.8 Å². The van der Waals surface area contributed by atoms with Crippen LogP contribution in [0.4, 0.5) is 5.13 Å². The highest BCUT2D eigenvalue weighted by Crippen LogP contribution is 2.27. The first-order valence-corrected chi connectivity index (χ1v) is 10.4. The number of benzene rings is 1. The summed E-state index contributed by atoms with van der Waals surface area (Å²) in [5.74, 6) is -1.64. The first-order valence-electron chi connectivity index (χ1n) is 8.57. The number of hydrogen-bond acceptors (Lipinski definition) is 9. The normalized spacial score (nSPS) is 14.6. The summed E-state index contributed by atoms with van der Waals surface area (Å²) in [4.78, 5) is 48.2. The predicted molar refractivity (Wildman–Crippen MR) is 118 cm³/mol. The van der Waals surface area contributed by atoms with E-state index in [1.165, 1.54) is 43.8 Å². The van der Waals surface area contributed by atoms with E-state index in [2.05, 4.69) is 25.6 Å². The molecule has 1 aromatic heterocycles. The number of aliphatic imine (C=N–C) groups is 2. The van der Waals surface area contributed by atoms with E-state index in [0.29, 0.717) is 16.6 Å². The lowest BCUT2D eigenvalue weighted by Crippen LogP contribution is -2.43. The van der Waals surface area contributed by atoms with Crippen molar-refractivity contribution >= 4 is 62.7 Å². The van der Waals surface area contributed by atoms with Gasteiger partial charge in [0.05, 0.1) is 20.0 Å². The number of nitrogens with one attached hydrogen (secondary N) is 3. The van der Waals surface area contributed by atoms with Crippen molar-refractivity contribution in [1.82, 2.24) is 10.3 Å². The molecule has 0 saturated carbocycles. The van der Waals surface area contributed by atoms with Gasteiger partial charge in [-0.05, 0) is 18.2 Å². The highest BCUT2D eigenvalue weighted by molar-refractivity contribution is 8.14. The fraction of sp³-hybridized carbons (Fsp3) is 0.167. The zero-order valence-corrected chi connectivity index (χ0v) is 17.9. The average molecular weight is 460 g/mol. The van der Waals surface area contributed by atoms with Crippen molar-refractivity contribution in [2.75, 3.05) is 25.3 Å². The number of thioether (sulfide) groups is 1. The van der Waals surface area contributed by atoms with E-state index in [1.54, 1.807) is 11.6 Å². The van der Waals surface area contributed by atoms with E-state index < -0.39 is 23.4 Å². The number of hydrogen-bond donors (Lipinski definition) is 3. The van der Waals surface area contributed by atoms with E-state index in [9.17, 15) is 14.4 Å². The monoisotopic (exact) mass is 460 g/mol. The van der Waals surface area contributed by atoms with E-state index in [-0.39, 0.29) is 22.4 Å². The quantitative estimate of drug-likeness (QED) is 0.591. The summed E-state index contributed by atoms with van der Waals surface area (Å²) in [6.45, 7) is 0. The van der Waals surface area contributed by atoms with Crippen molar-refractivity contribution in [1.29, 1.82) is 5.41 Å². The molecule has 1 aliphatic heterocycles. The van der Waals surface area contributed by atoms with Crippen LogP contribution < -0.4 is 20.1 Å². The zero-order chi connectivity index (χ0) is 22.4. The second-order valence-corrected chi connectivity index (χ2v) is 7.59. The van der Waals surface area contributed by atoms with Gasteiger partial charge in [0, 0.05) is 17.1 Å². The number of aromatic nitrogens is 1. The van der Waals surface area contributed by atoms with Crippen LogP contribution in [0.3, 0.4) is 0 Å². The average Bonchev–Trinajstić information content (AvgIpc) is 3.27. The number of methoxy groups -OCH3 is 2. The van der Waals surface area contributed by atoms with Crippen LogP contribution in [-0.4, -0.2) is 59.4 Å². The maximum atomic E-state index is 12.4. The second kappa shape index (κ2) is 9.95. The highest BCUT2D eigenvalue weighted by atomic mass is 32.2. The van der Waals surface area contributed by atoms with Crippen molar-refractivity contribution in [2.24, 2.45) is 9.98 Å². The molecule has 2 heterocycles. The molecular formula is C18H16N6O5S2. The van der Waals surface area contributed by atoms with Gasteiger partial charge in [-0.1, -0.05) is 11.8 Å². The topological polar surface area (TPSA) is 155 Å². The number of rotatable bonds is 6. The minimum Gasteiger partial charge on any atom is -0.493 e. The Balaban J connectivity index is 1.67. The van der Waals surface area contributed by atoms with Crippen LogP contribution in [0.1, 0.15) is 10.4 Å². The lowest BCUT2D eigenvalue weighted by molar-refractivity contribution is -0.114. The maximum Gasteiger partial charge on any atom is 0.279 e. The molecule has 0 spiro atoms. The number of thiazole rings is 1. The fourth-order valence-corrected chi connectivity index (χ4v) is 3.53. The maximum absolute atomic E-state index is 12.4. The molecule has 0 aliphatic carbocycles. The van der Waals surface area contributed by atoms with Gasteiger partial charge in [0.15, 0.2) is 33.3 Å². The Morgan fingerprint density at radius 1 is 1.29 bits per heavy atom. The van der Waals surface area contributed by atoms with Crippen molar-refractivity contribution in [3.63, 3.8) is 0 Å². The summed E-state index contributed by atoms with van der Waals surface area (Å²) in [7, 11) is 2.89. The second-order valence-electron chi connectivity index (χ2n) is 5.73. The van der Waals surface area contributed by atoms with Gasteiger partial charge < -0.3 is 14.8 Å².